The van der Waals surface area contributed by atoms with E-state index in [0.29, 0.717) is 18.4 Å². The van der Waals surface area contributed by atoms with Crippen LogP contribution in [-0.2, 0) is 4.79 Å². The van der Waals surface area contributed by atoms with Crippen LogP contribution < -0.4 is 0 Å². The summed E-state index contributed by atoms with van der Waals surface area (Å²) >= 11 is 0. The van der Waals surface area contributed by atoms with Crippen LogP contribution in [0.2, 0.25) is 0 Å². The van der Waals surface area contributed by atoms with Crippen LogP contribution in [0.4, 0.5) is 0 Å². The molecule has 102 valence electrons. The number of carboxylic acids is 1. The molecule has 0 radical (unpaired) electrons. The van der Waals surface area contributed by atoms with Crippen molar-refractivity contribution in [3.8, 4) is 0 Å². The number of rotatable bonds is 3. The van der Waals surface area contributed by atoms with Gasteiger partial charge in [0.25, 0.3) is 0 Å². The lowest BCUT2D eigenvalue weighted by atomic mass is 9.64. The van der Waals surface area contributed by atoms with Crippen molar-refractivity contribution in [2.24, 2.45) is 5.41 Å². The third-order valence-electron chi connectivity index (χ3n) is 4.31. The molecule has 0 aliphatic heterocycles. The predicted molar refractivity (Wildman–Crippen MR) is 76.9 cm³/mol. The first kappa shape index (κ1) is 12.9. The molecule has 0 unspecified atom stereocenters. The minimum absolute atomic E-state index is 0.251. The van der Waals surface area contributed by atoms with Crippen LogP contribution in [0.5, 0.6) is 0 Å². The summed E-state index contributed by atoms with van der Waals surface area (Å²) in [6, 6.07) is 11.5. The maximum Gasteiger partial charge on any atom is 0.317 e. The van der Waals surface area contributed by atoms with Crippen LogP contribution >= 0.6 is 0 Å². The van der Waals surface area contributed by atoms with Crippen LogP contribution in [0, 0.1) is 12.3 Å². The standard InChI is InChI=1S/C17H16O3/c1-11-3-4-13-10-14(6-5-12(13)9-11)15(18)17(16(19)20)7-2-8-17/h3-6,9-10H,2,7-8H2,1H3,(H,19,20). The average molecular weight is 268 g/mol. The Morgan fingerprint density at radius 2 is 1.70 bits per heavy atom. The molecule has 0 heterocycles. The molecule has 0 saturated heterocycles. The van der Waals surface area contributed by atoms with Crippen molar-refractivity contribution in [2.45, 2.75) is 26.2 Å². The molecule has 1 aliphatic carbocycles. The van der Waals surface area contributed by atoms with Crippen LogP contribution in [0.1, 0.15) is 35.2 Å². The van der Waals surface area contributed by atoms with Crippen LogP contribution in [-0.4, -0.2) is 16.9 Å². The van der Waals surface area contributed by atoms with Gasteiger partial charge in [0.05, 0.1) is 0 Å². The molecule has 20 heavy (non-hydrogen) atoms. The van der Waals surface area contributed by atoms with Gasteiger partial charge in [0.2, 0.25) is 0 Å². The number of benzene rings is 2. The van der Waals surface area contributed by atoms with Gasteiger partial charge in [-0.25, -0.2) is 0 Å². The van der Waals surface area contributed by atoms with Crippen molar-refractivity contribution in [3.05, 3.63) is 47.5 Å². The molecule has 1 aliphatic rings. The fourth-order valence-corrected chi connectivity index (χ4v) is 2.85. The number of Topliss-reactive ketones (excluding diaryl/α,β-unsaturated/α-hetero) is 1. The minimum Gasteiger partial charge on any atom is -0.480 e. The Bertz CT molecular complexity index is 711. The van der Waals surface area contributed by atoms with Gasteiger partial charge in [0, 0.05) is 5.56 Å². The molecule has 0 bridgehead atoms. The van der Waals surface area contributed by atoms with Crippen molar-refractivity contribution in [1.29, 1.82) is 0 Å². The second-order valence-electron chi connectivity index (χ2n) is 5.64. The summed E-state index contributed by atoms with van der Waals surface area (Å²) in [5.74, 6) is -1.24. The smallest absolute Gasteiger partial charge is 0.317 e. The Hall–Kier alpha value is -2.16. The number of hydrogen-bond acceptors (Lipinski definition) is 2. The molecule has 3 heteroatoms. The van der Waals surface area contributed by atoms with Crippen molar-refractivity contribution < 1.29 is 14.7 Å². The summed E-state index contributed by atoms with van der Waals surface area (Å²) in [7, 11) is 0. The zero-order valence-corrected chi connectivity index (χ0v) is 11.3. The number of ketones is 1. The van der Waals surface area contributed by atoms with E-state index in [4.69, 9.17) is 0 Å². The summed E-state index contributed by atoms with van der Waals surface area (Å²) in [5, 5.41) is 11.4. The molecular formula is C17H16O3. The normalized spacial score (nSPS) is 16.6. The van der Waals surface area contributed by atoms with Gasteiger partial charge >= 0.3 is 5.97 Å². The third-order valence-corrected chi connectivity index (χ3v) is 4.31. The monoisotopic (exact) mass is 268 g/mol. The quantitative estimate of drug-likeness (QED) is 0.683. The third kappa shape index (κ3) is 1.82. The molecule has 0 aromatic heterocycles. The van der Waals surface area contributed by atoms with E-state index in [0.717, 1.165) is 22.8 Å². The number of carbonyl (C=O) groups is 2. The van der Waals surface area contributed by atoms with Crippen LogP contribution in [0.3, 0.4) is 0 Å². The summed E-state index contributed by atoms with van der Waals surface area (Å²) in [6.07, 6.45) is 1.71. The molecule has 3 nitrogen and oxygen atoms in total. The second-order valence-corrected chi connectivity index (χ2v) is 5.64. The Balaban J connectivity index is 2.04. The first-order valence-corrected chi connectivity index (χ1v) is 6.82. The number of hydrogen-bond donors (Lipinski definition) is 1. The van der Waals surface area contributed by atoms with Gasteiger partial charge in [-0.05, 0) is 36.6 Å². The number of fused-ring (bicyclic) bond motifs is 1. The summed E-state index contributed by atoms with van der Waals surface area (Å²) in [4.78, 5) is 23.9. The highest BCUT2D eigenvalue weighted by Crippen LogP contribution is 2.44. The minimum atomic E-state index is -1.18. The number of aryl methyl sites for hydroxylation is 1. The Morgan fingerprint density at radius 1 is 1.05 bits per heavy atom. The molecule has 2 aromatic rings. The number of carboxylic acid groups (broad SMARTS) is 1. The van der Waals surface area contributed by atoms with Gasteiger partial charge in [0.15, 0.2) is 5.78 Å². The molecular weight excluding hydrogens is 252 g/mol. The average Bonchev–Trinajstić information content (AvgIpc) is 2.36. The highest BCUT2D eigenvalue weighted by molar-refractivity contribution is 6.13. The molecule has 1 saturated carbocycles. The molecule has 2 aromatic carbocycles. The highest BCUT2D eigenvalue weighted by Gasteiger charge is 2.51. The maximum atomic E-state index is 12.5. The van der Waals surface area contributed by atoms with E-state index in [-0.39, 0.29) is 5.78 Å². The lowest BCUT2D eigenvalue weighted by Gasteiger charge is -2.36. The predicted octanol–water partition coefficient (Wildman–Crippen LogP) is 3.59. The summed E-state index contributed by atoms with van der Waals surface area (Å²) in [5.41, 5.74) is 0.485. The maximum absolute atomic E-state index is 12.5. The van der Waals surface area contributed by atoms with E-state index in [1.165, 1.54) is 0 Å². The zero-order chi connectivity index (χ0) is 14.3. The van der Waals surface area contributed by atoms with Crippen LogP contribution in [0.25, 0.3) is 10.8 Å². The van der Waals surface area contributed by atoms with Crippen LogP contribution in [0.15, 0.2) is 36.4 Å². The molecule has 0 amide bonds. The number of carbonyl (C=O) groups excluding carboxylic acids is 1. The van der Waals surface area contributed by atoms with E-state index in [9.17, 15) is 14.7 Å². The fourth-order valence-electron chi connectivity index (χ4n) is 2.85. The van der Waals surface area contributed by atoms with Gasteiger partial charge in [-0.2, -0.15) is 0 Å². The second kappa shape index (κ2) is 4.44. The first-order chi connectivity index (χ1) is 9.53. The van der Waals surface area contributed by atoms with Gasteiger partial charge < -0.3 is 5.11 Å². The van der Waals surface area contributed by atoms with E-state index >= 15 is 0 Å². The molecule has 0 spiro atoms. The lowest BCUT2D eigenvalue weighted by Crippen LogP contribution is -2.45. The number of aliphatic carboxylic acids is 1. The van der Waals surface area contributed by atoms with Crippen molar-refractivity contribution in [2.75, 3.05) is 0 Å². The van der Waals surface area contributed by atoms with E-state index in [2.05, 4.69) is 6.07 Å². The fraction of sp³-hybridized carbons (Fsp3) is 0.294. The largest absolute Gasteiger partial charge is 0.480 e. The van der Waals surface area contributed by atoms with Crippen molar-refractivity contribution >= 4 is 22.5 Å². The van der Waals surface area contributed by atoms with E-state index < -0.39 is 11.4 Å². The van der Waals surface area contributed by atoms with Gasteiger partial charge in [-0.15, -0.1) is 0 Å². The van der Waals surface area contributed by atoms with Gasteiger partial charge in [-0.1, -0.05) is 42.3 Å². The Kier molecular flexibility index (Phi) is 2.85. The molecule has 1 fully saturated rings. The van der Waals surface area contributed by atoms with Crippen molar-refractivity contribution in [3.63, 3.8) is 0 Å². The SMILES string of the molecule is Cc1ccc2cc(C(=O)C3(C(=O)O)CCC3)ccc2c1. The zero-order valence-electron chi connectivity index (χ0n) is 11.3. The molecule has 0 atom stereocenters. The molecule has 1 N–H and O–H groups in total. The van der Waals surface area contributed by atoms with E-state index in [1.807, 2.05) is 25.1 Å². The van der Waals surface area contributed by atoms with E-state index in [1.54, 1.807) is 12.1 Å². The Labute approximate surface area is 117 Å². The Morgan fingerprint density at radius 3 is 2.30 bits per heavy atom. The van der Waals surface area contributed by atoms with Gasteiger partial charge in [-0.3, -0.25) is 9.59 Å². The van der Waals surface area contributed by atoms with Gasteiger partial charge in [0.1, 0.15) is 5.41 Å². The topological polar surface area (TPSA) is 54.4 Å². The highest BCUT2D eigenvalue weighted by atomic mass is 16.4. The van der Waals surface area contributed by atoms with Crippen molar-refractivity contribution in [1.82, 2.24) is 0 Å². The first-order valence-electron chi connectivity index (χ1n) is 6.82. The summed E-state index contributed by atoms with van der Waals surface area (Å²) < 4.78 is 0. The molecule has 3 rings (SSSR count). The lowest BCUT2D eigenvalue weighted by molar-refractivity contribution is -0.150. The summed E-state index contributed by atoms with van der Waals surface area (Å²) in [6.45, 7) is 2.02.